The van der Waals surface area contributed by atoms with Crippen LogP contribution in [0.2, 0.25) is 0 Å². The summed E-state index contributed by atoms with van der Waals surface area (Å²) in [5, 5.41) is 12.1. The quantitative estimate of drug-likeness (QED) is 0.792. The SMILES string of the molecule is CC(C)(C)C(CCO)NC(=O)C1CCSC1. The summed E-state index contributed by atoms with van der Waals surface area (Å²) in [6.45, 7) is 6.41. The Labute approximate surface area is 102 Å². The molecule has 0 aromatic rings. The predicted octanol–water partition coefficient (Wildman–Crippen LogP) is 1.65. The van der Waals surface area contributed by atoms with Crippen molar-refractivity contribution in [3.8, 4) is 0 Å². The molecule has 0 spiro atoms. The number of aliphatic hydroxyl groups is 1. The van der Waals surface area contributed by atoms with Crippen LogP contribution in [0.25, 0.3) is 0 Å². The van der Waals surface area contributed by atoms with Crippen LogP contribution in [0.3, 0.4) is 0 Å². The number of hydrogen-bond acceptors (Lipinski definition) is 3. The van der Waals surface area contributed by atoms with E-state index in [1.807, 2.05) is 11.8 Å². The zero-order valence-electron chi connectivity index (χ0n) is 10.5. The Bertz CT molecular complexity index is 232. The fourth-order valence-electron chi connectivity index (χ4n) is 1.88. The van der Waals surface area contributed by atoms with Gasteiger partial charge in [-0.1, -0.05) is 20.8 Å². The maximum absolute atomic E-state index is 12.0. The summed E-state index contributed by atoms with van der Waals surface area (Å²) in [5.74, 6) is 2.38. The molecule has 0 aromatic heterocycles. The molecule has 1 heterocycles. The highest BCUT2D eigenvalue weighted by molar-refractivity contribution is 7.99. The summed E-state index contributed by atoms with van der Waals surface area (Å²) < 4.78 is 0. The van der Waals surface area contributed by atoms with E-state index in [0.29, 0.717) is 6.42 Å². The smallest absolute Gasteiger partial charge is 0.224 e. The van der Waals surface area contributed by atoms with Crippen molar-refractivity contribution in [2.45, 2.75) is 39.7 Å². The molecule has 1 amide bonds. The topological polar surface area (TPSA) is 49.3 Å². The minimum Gasteiger partial charge on any atom is -0.396 e. The molecule has 1 saturated heterocycles. The van der Waals surface area contributed by atoms with E-state index in [2.05, 4.69) is 26.1 Å². The van der Waals surface area contributed by atoms with Crippen molar-refractivity contribution in [3.05, 3.63) is 0 Å². The average Bonchev–Trinajstić information content (AvgIpc) is 2.68. The van der Waals surface area contributed by atoms with Crippen molar-refractivity contribution < 1.29 is 9.90 Å². The minimum atomic E-state index is 0.00410. The van der Waals surface area contributed by atoms with Gasteiger partial charge < -0.3 is 10.4 Å². The molecular weight excluding hydrogens is 222 g/mol. The number of nitrogens with one attached hydrogen (secondary N) is 1. The zero-order chi connectivity index (χ0) is 12.2. The first-order valence-corrected chi connectivity index (χ1v) is 7.09. The number of thioether (sulfide) groups is 1. The molecule has 0 aliphatic carbocycles. The summed E-state index contributed by atoms with van der Waals surface area (Å²) in [5.41, 5.74) is 0.00410. The second-order valence-corrected chi connectivity index (χ2v) is 6.65. The van der Waals surface area contributed by atoms with Crippen LogP contribution in [0.15, 0.2) is 0 Å². The van der Waals surface area contributed by atoms with Gasteiger partial charge >= 0.3 is 0 Å². The van der Waals surface area contributed by atoms with E-state index in [1.54, 1.807) is 0 Å². The normalized spacial score (nSPS) is 23.1. The molecule has 0 radical (unpaired) electrons. The largest absolute Gasteiger partial charge is 0.396 e. The van der Waals surface area contributed by atoms with Crippen LogP contribution in [0.1, 0.15) is 33.6 Å². The van der Waals surface area contributed by atoms with Crippen LogP contribution in [-0.2, 0) is 4.79 Å². The van der Waals surface area contributed by atoms with E-state index in [4.69, 9.17) is 5.11 Å². The highest BCUT2D eigenvalue weighted by atomic mass is 32.2. The Morgan fingerprint density at radius 1 is 1.56 bits per heavy atom. The monoisotopic (exact) mass is 245 g/mol. The maximum Gasteiger partial charge on any atom is 0.224 e. The average molecular weight is 245 g/mol. The molecule has 1 rings (SSSR count). The number of aliphatic hydroxyl groups excluding tert-OH is 1. The van der Waals surface area contributed by atoms with Gasteiger partial charge in [-0.15, -0.1) is 0 Å². The standard InChI is InChI=1S/C12H23NO2S/c1-12(2,3)10(4-6-14)13-11(15)9-5-7-16-8-9/h9-10,14H,4-8H2,1-3H3,(H,13,15). The Balaban J connectivity index is 2.50. The first-order chi connectivity index (χ1) is 7.45. The van der Waals surface area contributed by atoms with Crippen LogP contribution < -0.4 is 5.32 Å². The van der Waals surface area contributed by atoms with Crippen LogP contribution >= 0.6 is 11.8 Å². The summed E-state index contributed by atoms with van der Waals surface area (Å²) in [6.07, 6.45) is 1.63. The number of carbonyl (C=O) groups is 1. The molecule has 1 fully saturated rings. The number of carbonyl (C=O) groups excluding carboxylic acids is 1. The Morgan fingerprint density at radius 2 is 2.25 bits per heavy atom. The van der Waals surface area contributed by atoms with Crippen LogP contribution in [-0.4, -0.2) is 35.2 Å². The summed E-state index contributed by atoms with van der Waals surface area (Å²) in [7, 11) is 0. The predicted molar refractivity (Wildman–Crippen MR) is 68.5 cm³/mol. The summed E-state index contributed by atoms with van der Waals surface area (Å²) >= 11 is 1.85. The number of hydrogen-bond donors (Lipinski definition) is 2. The lowest BCUT2D eigenvalue weighted by Crippen LogP contribution is -2.46. The third-order valence-electron chi connectivity index (χ3n) is 3.08. The van der Waals surface area contributed by atoms with E-state index in [1.165, 1.54) is 0 Å². The molecule has 3 nitrogen and oxygen atoms in total. The highest BCUT2D eigenvalue weighted by Gasteiger charge is 2.29. The second kappa shape index (κ2) is 5.92. The molecule has 2 N–H and O–H groups in total. The van der Waals surface area contributed by atoms with E-state index in [9.17, 15) is 4.79 Å². The van der Waals surface area contributed by atoms with Crippen molar-refractivity contribution in [1.29, 1.82) is 0 Å². The van der Waals surface area contributed by atoms with Crippen molar-refractivity contribution in [2.24, 2.45) is 11.3 Å². The molecule has 94 valence electrons. The highest BCUT2D eigenvalue weighted by Crippen LogP contribution is 2.26. The van der Waals surface area contributed by atoms with Gasteiger partial charge in [0.25, 0.3) is 0 Å². The molecule has 16 heavy (non-hydrogen) atoms. The van der Waals surface area contributed by atoms with Gasteiger partial charge in [0, 0.05) is 24.3 Å². The Hall–Kier alpha value is -0.220. The van der Waals surface area contributed by atoms with E-state index in [-0.39, 0.29) is 29.9 Å². The first kappa shape index (κ1) is 13.8. The van der Waals surface area contributed by atoms with Crippen molar-refractivity contribution in [2.75, 3.05) is 18.1 Å². The van der Waals surface area contributed by atoms with Gasteiger partial charge in [0.1, 0.15) is 0 Å². The number of amides is 1. The van der Waals surface area contributed by atoms with E-state index in [0.717, 1.165) is 17.9 Å². The second-order valence-electron chi connectivity index (χ2n) is 5.50. The molecular formula is C12H23NO2S. The third-order valence-corrected chi connectivity index (χ3v) is 4.24. The Morgan fingerprint density at radius 3 is 2.69 bits per heavy atom. The molecule has 0 aromatic carbocycles. The maximum atomic E-state index is 12.0. The molecule has 2 atom stereocenters. The van der Waals surface area contributed by atoms with Gasteiger partial charge in [-0.25, -0.2) is 0 Å². The minimum absolute atomic E-state index is 0.00410. The molecule has 2 unspecified atom stereocenters. The fraction of sp³-hybridized carbons (Fsp3) is 0.917. The Kier molecular flexibility index (Phi) is 5.12. The van der Waals surface area contributed by atoms with E-state index >= 15 is 0 Å². The first-order valence-electron chi connectivity index (χ1n) is 5.94. The number of rotatable bonds is 4. The van der Waals surface area contributed by atoms with Gasteiger partial charge in [0.15, 0.2) is 0 Å². The van der Waals surface area contributed by atoms with Gasteiger partial charge in [-0.2, -0.15) is 11.8 Å². The molecule has 0 bridgehead atoms. The lowest BCUT2D eigenvalue weighted by molar-refractivity contribution is -0.125. The van der Waals surface area contributed by atoms with Crippen LogP contribution in [0.5, 0.6) is 0 Å². The third kappa shape index (κ3) is 3.98. The molecule has 4 heteroatoms. The molecule has 0 saturated carbocycles. The summed E-state index contributed by atoms with van der Waals surface area (Å²) in [6, 6.07) is 0.0654. The lowest BCUT2D eigenvalue weighted by atomic mass is 9.84. The fourth-order valence-corrected chi connectivity index (χ4v) is 3.10. The van der Waals surface area contributed by atoms with Crippen molar-refractivity contribution >= 4 is 17.7 Å². The van der Waals surface area contributed by atoms with Gasteiger partial charge in [-0.3, -0.25) is 4.79 Å². The summed E-state index contributed by atoms with van der Waals surface area (Å²) in [4.78, 5) is 12.0. The molecule has 1 aliphatic heterocycles. The van der Waals surface area contributed by atoms with Gasteiger partial charge in [0.05, 0.1) is 0 Å². The van der Waals surface area contributed by atoms with Crippen LogP contribution in [0, 0.1) is 11.3 Å². The zero-order valence-corrected chi connectivity index (χ0v) is 11.3. The van der Waals surface area contributed by atoms with Crippen molar-refractivity contribution in [1.82, 2.24) is 5.32 Å². The van der Waals surface area contributed by atoms with Crippen LogP contribution in [0.4, 0.5) is 0 Å². The van der Waals surface area contributed by atoms with Gasteiger partial charge in [-0.05, 0) is 24.0 Å². The van der Waals surface area contributed by atoms with E-state index < -0.39 is 0 Å². The lowest BCUT2D eigenvalue weighted by Gasteiger charge is -2.32. The molecule has 1 aliphatic rings. The van der Waals surface area contributed by atoms with Gasteiger partial charge in [0.2, 0.25) is 5.91 Å². The van der Waals surface area contributed by atoms with Crippen molar-refractivity contribution in [3.63, 3.8) is 0 Å².